The Kier molecular flexibility index (Phi) is 5.56. The van der Waals surface area contributed by atoms with Crippen LogP contribution in [0.4, 0.5) is 11.4 Å². The minimum atomic E-state index is -3.63. The van der Waals surface area contributed by atoms with Crippen LogP contribution in [0.1, 0.15) is 20.8 Å². The van der Waals surface area contributed by atoms with E-state index in [0.717, 1.165) is 0 Å². The predicted octanol–water partition coefficient (Wildman–Crippen LogP) is 1.65. The summed E-state index contributed by atoms with van der Waals surface area (Å²) in [6, 6.07) is 4.48. The number of nitrogens with one attached hydrogen (secondary N) is 2. The number of carbonyl (C=O) groups is 1. The molecular weight excluding hydrogens is 294 g/mol. The Labute approximate surface area is 125 Å². The van der Waals surface area contributed by atoms with Crippen LogP contribution in [0.25, 0.3) is 0 Å². The maximum absolute atomic E-state index is 12.1. The molecule has 0 atom stereocenters. The van der Waals surface area contributed by atoms with Gasteiger partial charge in [0, 0.05) is 26.1 Å². The lowest BCUT2D eigenvalue weighted by atomic mass is 10.2. The van der Waals surface area contributed by atoms with Crippen LogP contribution in [0.2, 0.25) is 0 Å². The quantitative estimate of drug-likeness (QED) is 0.835. The maximum atomic E-state index is 12.1. The molecule has 0 saturated carbocycles. The van der Waals surface area contributed by atoms with Crippen molar-refractivity contribution in [3.8, 4) is 5.75 Å². The van der Waals surface area contributed by atoms with Gasteiger partial charge < -0.3 is 10.1 Å². The van der Waals surface area contributed by atoms with Crippen LogP contribution in [-0.2, 0) is 15.0 Å². The molecule has 1 aromatic carbocycles. The maximum Gasteiger partial charge on any atom is 0.301 e. The molecule has 7 nitrogen and oxygen atoms in total. The molecule has 1 rings (SSSR count). The Morgan fingerprint density at radius 3 is 2.43 bits per heavy atom. The van der Waals surface area contributed by atoms with E-state index in [1.807, 2.05) is 0 Å². The van der Waals surface area contributed by atoms with E-state index >= 15 is 0 Å². The van der Waals surface area contributed by atoms with Gasteiger partial charge in [-0.05, 0) is 26.0 Å². The van der Waals surface area contributed by atoms with Crippen molar-refractivity contribution < 1.29 is 17.9 Å². The average molecular weight is 315 g/mol. The number of benzene rings is 1. The lowest BCUT2D eigenvalue weighted by Gasteiger charge is -2.22. The molecule has 0 heterocycles. The first-order valence-electron chi connectivity index (χ1n) is 6.38. The largest absolute Gasteiger partial charge is 0.494 e. The average Bonchev–Trinajstić information content (AvgIpc) is 2.38. The summed E-state index contributed by atoms with van der Waals surface area (Å²) in [7, 11) is -0.693. The second-order valence-electron chi connectivity index (χ2n) is 4.81. The predicted molar refractivity (Wildman–Crippen MR) is 82.7 cm³/mol. The molecule has 1 amide bonds. The summed E-state index contributed by atoms with van der Waals surface area (Å²) in [6.07, 6.45) is 0. The molecule has 0 fully saturated rings. The van der Waals surface area contributed by atoms with E-state index in [-0.39, 0.29) is 11.9 Å². The Balaban J connectivity index is 3.03. The van der Waals surface area contributed by atoms with Gasteiger partial charge in [-0.2, -0.15) is 12.7 Å². The first-order chi connectivity index (χ1) is 9.67. The minimum Gasteiger partial charge on any atom is -0.494 e. The molecule has 21 heavy (non-hydrogen) atoms. The second kappa shape index (κ2) is 6.77. The van der Waals surface area contributed by atoms with Gasteiger partial charge in [0.15, 0.2) is 0 Å². The molecule has 8 heteroatoms. The van der Waals surface area contributed by atoms with Crippen molar-refractivity contribution in [3.05, 3.63) is 18.2 Å². The summed E-state index contributed by atoms with van der Waals surface area (Å²) in [5, 5.41) is 2.60. The summed E-state index contributed by atoms with van der Waals surface area (Å²) >= 11 is 0. The van der Waals surface area contributed by atoms with Gasteiger partial charge in [0.25, 0.3) is 0 Å². The lowest BCUT2D eigenvalue weighted by molar-refractivity contribution is -0.114. The molecule has 118 valence electrons. The fourth-order valence-electron chi connectivity index (χ4n) is 1.55. The van der Waals surface area contributed by atoms with Gasteiger partial charge >= 0.3 is 10.2 Å². The zero-order valence-electron chi connectivity index (χ0n) is 12.8. The third-order valence-electron chi connectivity index (χ3n) is 2.87. The number of methoxy groups -OCH3 is 1. The van der Waals surface area contributed by atoms with Gasteiger partial charge in [0.05, 0.1) is 18.5 Å². The van der Waals surface area contributed by atoms with Crippen molar-refractivity contribution in [1.29, 1.82) is 0 Å². The molecule has 2 N–H and O–H groups in total. The first-order valence-corrected chi connectivity index (χ1v) is 7.82. The molecule has 1 aromatic rings. The number of anilines is 2. The summed E-state index contributed by atoms with van der Waals surface area (Å²) in [6.45, 7) is 4.94. The standard InChI is InChI=1S/C13H21N3O4S/c1-9(2)16(4)21(18,19)15-11-6-7-12(14-10(3)17)13(8-11)20-5/h6-9,15H,1-5H3,(H,14,17). The van der Waals surface area contributed by atoms with Gasteiger partial charge in [-0.3, -0.25) is 9.52 Å². The lowest BCUT2D eigenvalue weighted by Crippen LogP contribution is -2.37. The van der Waals surface area contributed by atoms with Crippen molar-refractivity contribution in [2.45, 2.75) is 26.8 Å². The molecule has 0 aromatic heterocycles. The van der Waals surface area contributed by atoms with Crippen LogP contribution in [0.3, 0.4) is 0 Å². The molecule has 0 radical (unpaired) electrons. The zero-order chi connectivity index (χ0) is 16.2. The van der Waals surface area contributed by atoms with E-state index in [4.69, 9.17) is 4.74 Å². The summed E-state index contributed by atoms with van der Waals surface area (Å²) < 4.78 is 33.0. The number of carbonyl (C=O) groups excluding carboxylic acids is 1. The van der Waals surface area contributed by atoms with E-state index in [1.54, 1.807) is 26.0 Å². The van der Waals surface area contributed by atoms with Crippen molar-refractivity contribution in [2.24, 2.45) is 0 Å². The van der Waals surface area contributed by atoms with E-state index in [2.05, 4.69) is 10.0 Å². The fourth-order valence-corrected chi connectivity index (χ4v) is 2.67. The van der Waals surface area contributed by atoms with E-state index in [9.17, 15) is 13.2 Å². The molecule has 0 unspecified atom stereocenters. The van der Waals surface area contributed by atoms with Gasteiger partial charge in [-0.1, -0.05) is 0 Å². The Morgan fingerprint density at radius 2 is 1.95 bits per heavy atom. The molecule has 0 aliphatic heterocycles. The summed E-state index contributed by atoms with van der Waals surface area (Å²) in [5.74, 6) is 0.138. The molecule has 0 aliphatic rings. The van der Waals surface area contributed by atoms with Crippen molar-refractivity contribution in [3.63, 3.8) is 0 Å². The third kappa shape index (κ3) is 4.61. The summed E-state index contributed by atoms with van der Waals surface area (Å²) in [5.41, 5.74) is 0.832. The number of nitrogens with zero attached hydrogens (tertiary/aromatic N) is 1. The Morgan fingerprint density at radius 1 is 1.33 bits per heavy atom. The van der Waals surface area contributed by atoms with Crippen LogP contribution in [0.5, 0.6) is 5.75 Å². The molecule has 0 aliphatic carbocycles. The van der Waals surface area contributed by atoms with E-state index in [0.29, 0.717) is 17.1 Å². The zero-order valence-corrected chi connectivity index (χ0v) is 13.6. The van der Waals surface area contributed by atoms with Crippen molar-refractivity contribution >= 4 is 27.5 Å². The highest BCUT2D eigenvalue weighted by molar-refractivity contribution is 7.90. The van der Waals surface area contributed by atoms with Gasteiger partial charge in [0.2, 0.25) is 5.91 Å². The minimum absolute atomic E-state index is 0.164. The number of ether oxygens (including phenoxy) is 1. The molecule has 0 saturated heterocycles. The number of rotatable bonds is 6. The number of amides is 1. The van der Waals surface area contributed by atoms with Crippen LogP contribution >= 0.6 is 0 Å². The van der Waals surface area contributed by atoms with Crippen LogP contribution in [0, 0.1) is 0 Å². The first kappa shape index (κ1) is 17.3. The van der Waals surface area contributed by atoms with Crippen LogP contribution < -0.4 is 14.8 Å². The smallest absolute Gasteiger partial charge is 0.301 e. The highest BCUT2D eigenvalue weighted by Gasteiger charge is 2.20. The highest BCUT2D eigenvalue weighted by Crippen LogP contribution is 2.28. The van der Waals surface area contributed by atoms with Gasteiger partial charge in [-0.25, -0.2) is 0 Å². The SMILES string of the molecule is COc1cc(NS(=O)(=O)N(C)C(C)C)ccc1NC(C)=O. The Bertz CT molecular complexity index is 614. The number of hydrogen-bond acceptors (Lipinski definition) is 4. The highest BCUT2D eigenvalue weighted by atomic mass is 32.2. The van der Waals surface area contributed by atoms with Gasteiger partial charge in [0.1, 0.15) is 5.75 Å². The normalized spacial score (nSPS) is 11.6. The van der Waals surface area contributed by atoms with Crippen LogP contribution in [-0.4, -0.2) is 38.8 Å². The van der Waals surface area contributed by atoms with Crippen molar-refractivity contribution in [1.82, 2.24) is 4.31 Å². The topological polar surface area (TPSA) is 87.7 Å². The molecular formula is C13H21N3O4S. The monoisotopic (exact) mass is 315 g/mol. The second-order valence-corrected chi connectivity index (χ2v) is 6.54. The molecule has 0 spiro atoms. The van der Waals surface area contributed by atoms with Crippen molar-refractivity contribution in [2.75, 3.05) is 24.2 Å². The number of hydrogen-bond donors (Lipinski definition) is 2. The fraction of sp³-hybridized carbons (Fsp3) is 0.462. The van der Waals surface area contributed by atoms with Gasteiger partial charge in [-0.15, -0.1) is 0 Å². The summed E-state index contributed by atoms with van der Waals surface area (Å²) in [4.78, 5) is 11.1. The van der Waals surface area contributed by atoms with Crippen LogP contribution in [0.15, 0.2) is 18.2 Å². The molecule has 0 bridgehead atoms. The third-order valence-corrected chi connectivity index (χ3v) is 4.54. The van der Waals surface area contributed by atoms with E-state index in [1.165, 1.54) is 31.5 Å². The Hall–Kier alpha value is -1.80. The van der Waals surface area contributed by atoms with E-state index < -0.39 is 10.2 Å².